The van der Waals surface area contributed by atoms with Crippen molar-refractivity contribution in [2.45, 2.75) is 13.5 Å². The molecule has 92 valence electrons. The maximum Gasteiger partial charge on any atom is 0.151 e. The van der Waals surface area contributed by atoms with Gasteiger partial charge in [0, 0.05) is 19.2 Å². The van der Waals surface area contributed by atoms with E-state index in [9.17, 15) is 4.79 Å². The van der Waals surface area contributed by atoms with Crippen molar-refractivity contribution in [3.63, 3.8) is 0 Å². The van der Waals surface area contributed by atoms with Crippen LogP contribution in [-0.2, 0) is 6.54 Å². The highest BCUT2D eigenvalue weighted by atomic mass is 16.1. The predicted octanol–water partition coefficient (Wildman–Crippen LogP) is 2.84. The SMILES string of the molecule is Cc1nc(N(C)Cc2ccccc2)ccc1C=O. The van der Waals surface area contributed by atoms with E-state index < -0.39 is 0 Å². The van der Waals surface area contributed by atoms with Gasteiger partial charge in [-0.15, -0.1) is 0 Å². The predicted molar refractivity (Wildman–Crippen MR) is 72.9 cm³/mol. The molecule has 0 atom stereocenters. The summed E-state index contributed by atoms with van der Waals surface area (Å²) in [6.45, 7) is 2.65. The van der Waals surface area contributed by atoms with Gasteiger partial charge >= 0.3 is 0 Å². The molecule has 0 saturated carbocycles. The first-order chi connectivity index (χ1) is 8.70. The van der Waals surface area contributed by atoms with E-state index in [1.54, 1.807) is 0 Å². The quantitative estimate of drug-likeness (QED) is 0.770. The minimum absolute atomic E-state index is 0.645. The summed E-state index contributed by atoms with van der Waals surface area (Å²) >= 11 is 0. The number of rotatable bonds is 4. The van der Waals surface area contributed by atoms with E-state index in [0.717, 1.165) is 24.3 Å². The van der Waals surface area contributed by atoms with Gasteiger partial charge in [-0.05, 0) is 24.6 Å². The number of aryl methyl sites for hydroxylation is 1. The Morgan fingerprint density at radius 1 is 1.17 bits per heavy atom. The Labute approximate surface area is 107 Å². The number of aldehydes is 1. The Morgan fingerprint density at radius 3 is 2.50 bits per heavy atom. The van der Waals surface area contributed by atoms with Gasteiger partial charge in [0.2, 0.25) is 0 Å². The lowest BCUT2D eigenvalue weighted by Gasteiger charge is -2.19. The lowest BCUT2D eigenvalue weighted by atomic mass is 10.2. The average Bonchev–Trinajstić information content (AvgIpc) is 2.39. The molecule has 0 amide bonds. The van der Waals surface area contributed by atoms with Crippen molar-refractivity contribution < 1.29 is 4.79 Å². The van der Waals surface area contributed by atoms with Crippen molar-refractivity contribution in [3.05, 3.63) is 59.3 Å². The Kier molecular flexibility index (Phi) is 3.72. The van der Waals surface area contributed by atoms with Gasteiger partial charge in [-0.1, -0.05) is 30.3 Å². The number of nitrogens with zero attached hydrogens (tertiary/aromatic N) is 2. The molecule has 3 nitrogen and oxygen atoms in total. The number of anilines is 1. The monoisotopic (exact) mass is 240 g/mol. The summed E-state index contributed by atoms with van der Waals surface area (Å²) in [5.74, 6) is 0.877. The van der Waals surface area contributed by atoms with Gasteiger partial charge in [0.05, 0.1) is 5.69 Å². The van der Waals surface area contributed by atoms with Gasteiger partial charge in [0.15, 0.2) is 6.29 Å². The molecular formula is C15H16N2O. The second-order valence-corrected chi connectivity index (χ2v) is 4.30. The van der Waals surface area contributed by atoms with Gasteiger partial charge in [-0.3, -0.25) is 4.79 Å². The van der Waals surface area contributed by atoms with Crippen LogP contribution in [0.3, 0.4) is 0 Å². The van der Waals surface area contributed by atoms with Crippen LogP contribution < -0.4 is 4.90 Å². The number of carbonyl (C=O) groups excluding carboxylic acids is 1. The molecule has 0 N–H and O–H groups in total. The molecule has 18 heavy (non-hydrogen) atoms. The first kappa shape index (κ1) is 12.3. The summed E-state index contributed by atoms with van der Waals surface area (Å²) in [4.78, 5) is 17.2. The average molecular weight is 240 g/mol. The van der Waals surface area contributed by atoms with Crippen molar-refractivity contribution >= 4 is 12.1 Å². The zero-order chi connectivity index (χ0) is 13.0. The van der Waals surface area contributed by atoms with E-state index in [1.807, 2.05) is 44.3 Å². The van der Waals surface area contributed by atoms with Crippen LogP contribution in [0, 0.1) is 6.92 Å². The molecule has 0 aliphatic carbocycles. The smallest absolute Gasteiger partial charge is 0.151 e. The second kappa shape index (κ2) is 5.45. The number of aromatic nitrogens is 1. The third-order valence-corrected chi connectivity index (χ3v) is 2.89. The highest BCUT2D eigenvalue weighted by Gasteiger charge is 2.05. The van der Waals surface area contributed by atoms with Gasteiger partial charge in [0.1, 0.15) is 5.82 Å². The topological polar surface area (TPSA) is 33.2 Å². The molecule has 1 aromatic carbocycles. The summed E-state index contributed by atoms with van der Waals surface area (Å²) in [5.41, 5.74) is 2.65. The molecule has 0 aliphatic rings. The molecule has 0 fully saturated rings. The van der Waals surface area contributed by atoms with Crippen molar-refractivity contribution in [2.75, 3.05) is 11.9 Å². The van der Waals surface area contributed by atoms with E-state index in [0.29, 0.717) is 5.56 Å². The number of benzene rings is 1. The molecule has 1 heterocycles. The number of carbonyl (C=O) groups is 1. The van der Waals surface area contributed by atoms with Crippen LogP contribution >= 0.6 is 0 Å². The van der Waals surface area contributed by atoms with Gasteiger partial charge < -0.3 is 4.90 Å². The minimum Gasteiger partial charge on any atom is -0.355 e. The summed E-state index contributed by atoms with van der Waals surface area (Å²) in [6.07, 6.45) is 0.837. The van der Waals surface area contributed by atoms with Crippen LogP contribution in [0.15, 0.2) is 42.5 Å². The number of hydrogen-bond acceptors (Lipinski definition) is 3. The van der Waals surface area contributed by atoms with Crippen molar-refractivity contribution in [3.8, 4) is 0 Å². The van der Waals surface area contributed by atoms with Crippen LogP contribution in [0.1, 0.15) is 21.6 Å². The van der Waals surface area contributed by atoms with Crippen molar-refractivity contribution in [1.29, 1.82) is 0 Å². The fourth-order valence-electron chi connectivity index (χ4n) is 1.83. The highest BCUT2D eigenvalue weighted by Crippen LogP contribution is 2.15. The van der Waals surface area contributed by atoms with Gasteiger partial charge in [-0.25, -0.2) is 4.98 Å². The first-order valence-electron chi connectivity index (χ1n) is 5.88. The first-order valence-corrected chi connectivity index (χ1v) is 5.88. The third-order valence-electron chi connectivity index (χ3n) is 2.89. The van der Waals surface area contributed by atoms with Crippen LogP contribution in [0.2, 0.25) is 0 Å². The molecule has 1 aromatic heterocycles. The van der Waals surface area contributed by atoms with Crippen molar-refractivity contribution in [2.24, 2.45) is 0 Å². The van der Waals surface area contributed by atoms with Gasteiger partial charge in [-0.2, -0.15) is 0 Å². The van der Waals surface area contributed by atoms with E-state index in [-0.39, 0.29) is 0 Å². The molecule has 0 bridgehead atoms. The van der Waals surface area contributed by atoms with E-state index in [4.69, 9.17) is 0 Å². The summed E-state index contributed by atoms with van der Waals surface area (Å²) in [5, 5.41) is 0. The normalized spacial score (nSPS) is 10.1. The van der Waals surface area contributed by atoms with Gasteiger partial charge in [0.25, 0.3) is 0 Å². The van der Waals surface area contributed by atoms with Crippen LogP contribution in [0.25, 0.3) is 0 Å². The molecule has 0 radical (unpaired) electrons. The molecule has 0 unspecified atom stereocenters. The zero-order valence-corrected chi connectivity index (χ0v) is 10.6. The standard InChI is InChI=1S/C15H16N2O/c1-12-14(11-18)8-9-15(16-12)17(2)10-13-6-4-3-5-7-13/h3-9,11H,10H2,1-2H3. The summed E-state index contributed by atoms with van der Waals surface area (Å²) < 4.78 is 0. The second-order valence-electron chi connectivity index (χ2n) is 4.30. The van der Waals surface area contributed by atoms with E-state index in [2.05, 4.69) is 22.0 Å². The maximum atomic E-state index is 10.7. The Bertz CT molecular complexity index is 537. The van der Waals surface area contributed by atoms with E-state index in [1.165, 1.54) is 5.56 Å². The number of hydrogen-bond donors (Lipinski definition) is 0. The molecule has 3 heteroatoms. The van der Waals surface area contributed by atoms with Crippen LogP contribution in [0.5, 0.6) is 0 Å². The largest absolute Gasteiger partial charge is 0.355 e. The lowest BCUT2D eigenvalue weighted by molar-refractivity contribution is 0.112. The Hall–Kier alpha value is -2.16. The zero-order valence-electron chi connectivity index (χ0n) is 10.6. The third kappa shape index (κ3) is 2.74. The highest BCUT2D eigenvalue weighted by molar-refractivity contribution is 5.76. The molecular weight excluding hydrogens is 224 g/mol. The Morgan fingerprint density at radius 2 is 1.89 bits per heavy atom. The fraction of sp³-hybridized carbons (Fsp3) is 0.200. The number of pyridine rings is 1. The minimum atomic E-state index is 0.645. The molecule has 0 saturated heterocycles. The summed E-state index contributed by atoms with van der Waals surface area (Å²) in [7, 11) is 2.00. The molecule has 0 spiro atoms. The fourth-order valence-corrected chi connectivity index (χ4v) is 1.83. The van der Waals surface area contributed by atoms with Crippen LogP contribution in [-0.4, -0.2) is 18.3 Å². The molecule has 2 rings (SSSR count). The van der Waals surface area contributed by atoms with Crippen LogP contribution in [0.4, 0.5) is 5.82 Å². The summed E-state index contributed by atoms with van der Waals surface area (Å²) in [6, 6.07) is 13.9. The maximum absolute atomic E-state index is 10.7. The van der Waals surface area contributed by atoms with Crippen molar-refractivity contribution in [1.82, 2.24) is 4.98 Å². The lowest BCUT2D eigenvalue weighted by Crippen LogP contribution is -2.18. The molecule has 0 aliphatic heterocycles. The van der Waals surface area contributed by atoms with E-state index >= 15 is 0 Å². The Balaban J connectivity index is 2.16. The molecule has 2 aromatic rings.